The largest absolute Gasteiger partial charge is 0.472 e. The third kappa shape index (κ3) is 2.54. The Kier molecular flexibility index (Phi) is 3.81. The first kappa shape index (κ1) is 17.1. The van der Waals surface area contributed by atoms with Crippen molar-refractivity contribution in [2.75, 3.05) is 11.6 Å². The zero-order valence-electron chi connectivity index (χ0n) is 15.0. The summed E-state index contributed by atoms with van der Waals surface area (Å²) in [5.74, 6) is 0.266. The molecule has 0 fully saturated rings. The second kappa shape index (κ2) is 6.24. The summed E-state index contributed by atoms with van der Waals surface area (Å²) in [6, 6.07) is 14.0. The molecule has 2 heterocycles. The molecule has 1 aromatic heterocycles. The van der Waals surface area contributed by atoms with Crippen LogP contribution in [-0.4, -0.2) is 6.73 Å². The minimum atomic E-state index is -0.452. The van der Waals surface area contributed by atoms with Gasteiger partial charge >= 0.3 is 5.63 Å². The predicted molar refractivity (Wildman–Crippen MR) is 108 cm³/mol. The van der Waals surface area contributed by atoms with Crippen molar-refractivity contribution in [2.45, 2.75) is 13.5 Å². The summed E-state index contributed by atoms with van der Waals surface area (Å²) in [6.07, 6.45) is 0. The monoisotopic (exact) mass is 395 g/mol. The highest BCUT2D eigenvalue weighted by Gasteiger charge is 2.23. The molecule has 0 N–H and O–H groups in total. The average Bonchev–Trinajstić information content (AvgIpc) is 2.71. The first-order valence-electron chi connectivity index (χ1n) is 8.84. The van der Waals surface area contributed by atoms with Crippen LogP contribution in [0.5, 0.6) is 5.75 Å². The van der Waals surface area contributed by atoms with Crippen LogP contribution in [0.2, 0.25) is 5.02 Å². The summed E-state index contributed by atoms with van der Waals surface area (Å²) in [4.78, 5) is 14.3. The first-order valence-corrected chi connectivity index (χ1v) is 9.21. The lowest BCUT2D eigenvalue weighted by molar-refractivity contribution is 0.287. The van der Waals surface area contributed by atoms with Crippen LogP contribution in [0.3, 0.4) is 0 Å². The van der Waals surface area contributed by atoms with Crippen molar-refractivity contribution in [3.8, 4) is 5.75 Å². The van der Waals surface area contributed by atoms with Crippen LogP contribution in [0.4, 0.5) is 10.1 Å². The lowest BCUT2D eigenvalue weighted by Gasteiger charge is -2.32. The van der Waals surface area contributed by atoms with Gasteiger partial charge in [-0.1, -0.05) is 29.8 Å². The lowest BCUT2D eigenvalue weighted by atomic mass is 10.00. The number of hydrogen-bond acceptors (Lipinski definition) is 4. The average molecular weight is 396 g/mol. The molecule has 0 spiro atoms. The van der Waals surface area contributed by atoms with Gasteiger partial charge < -0.3 is 14.1 Å². The molecule has 4 nitrogen and oxygen atoms in total. The van der Waals surface area contributed by atoms with E-state index in [9.17, 15) is 9.18 Å². The molecular weight excluding hydrogens is 381 g/mol. The van der Waals surface area contributed by atoms with Crippen LogP contribution in [0.25, 0.3) is 21.7 Å². The van der Waals surface area contributed by atoms with Crippen LogP contribution in [-0.2, 0) is 6.54 Å². The van der Waals surface area contributed by atoms with Crippen molar-refractivity contribution in [2.24, 2.45) is 0 Å². The molecule has 4 aromatic rings. The van der Waals surface area contributed by atoms with Crippen molar-refractivity contribution < 1.29 is 13.5 Å². The summed E-state index contributed by atoms with van der Waals surface area (Å²) in [7, 11) is 0. The number of benzene rings is 3. The van der Waals surface area contributed by atoms with Gasteiger partial charge in [0.15, 0.2) is 6.73 Å². The Hall–Kier alpha value is -3.05. The maximum absolute atomic E-state index is 13.5. The van der Waals surface area contributed by atoms with Gasteiger partial charge in [-0.2, -0.15) is 0 Å². The van der Waals surface area contributed by atoms with Crippen LogP contribution in [0.15, 0.2) is 57.7 Å². The van der Waals surface area contributed by atoms with Crippen LogP contribution in [0.1, 0.15) is 11.1 Å². The molecule has 0 bridgehead atoms. The van der Waals surface area contributed by atoms with Crippen LogP contribution in [0, 0.1) is 12.7 Å². The highest BCUT2D eigenvalue weighted by Crippen LogP contribution is 2.38. The summed E-state index contributed by atoms with van der Waals surface area (Å²) in [6.45, 7) is 2.75. The normalized spacial score (nSPS) is 13.6. The second-order valence-electron chi connectivity index (χ2n) is 6.87. The molecule has 0 unspecified atom stereocenters. The molecule has 0 amide bonds. The van der Waals surface area contributed by atoms with E-state index < -0.39 is 5.82 Å². The van der Waals surface area contributed by atoms with E-state index in [4.69, 9.17) is 20.8 Å². The lowest BCUT2D eigenvalue weighted by Crippen LogP contribution is -2.32. The molecule has 0 saturated carbocycles. The molecule has 1 aliphatic heterocycles. The Morgan fingerprint density at radius 1 is 1.07 bits per heavy atom. The Labute approximate surface area is 164 Å². The molecule has 5 rings (SSSR count). The number of halogens is 2. The molecule has 6 heteroatoms. The number of rotatable bonds is 1. The predicted octanol–water partition coefficient (Wildman–Crippen LogP) is 5.40. The number of fused-ring (bicyclic) bond motifs is 4. The van der Waals surface area contributed by atoms with Crippen LogP contribution >= 0.6 is 11.6 Å². The molecule has 0 saturated heterocycles. The van der Waals surface area contributed by atoms with E-state index >= 15 is 0 Å². The topological polar surface area (TPSA) is 42.7 Å². The zero-order valence-corrected chi connectivity index (χ0v) is 15.7. The molecular formula is C22H15ClFNO3. The van der Waals surface area contributed by atoms with Gasteiger partial charge in [0.05, 0.1) is 10.4 Å². The third-order valence-corrected chi connectivity index (χ3v) is 5.45. The van der Waals surface area contributed by atoms with E-state index in [0.29, 0.717) is 24.2 Å². The van der Waals surface area contributed by atoms with Crippen molar-refractivity contribution in [3.63, 3.8) is 0 Å². The fraction of sp³-hybridized carbons (Fsp3) is 0.136. The SMILES string of the molecule is Cc1c2c(cc3c1oc(=O)c1ccccc13)CN(c1ccc(F)c(Cl)c1)CO2. The Bertz CT molecular complexity index is 1310. The van der Waals surface area contributed by atoms with Gasteiger partial charge in [0, 0.05) is 28.7 Å². The number of aryl methyl sites for hydroxylation is 1. The Morgan fingerprint density at radius 2 is 1.86 bits per heavy atom. The van der Waals surface area contributed by atoms with Crippen LogP contribution < -0.4 is 15.3 Å². The van der Waals surface area contributed by atoms with Gasteiger partial charge in [0.1, 0.15) is 17.1 Å². The third-order valence-electron chi connectivity index (χ3n) is 5.16. The fourth-order valence-corrected chi connectivity index (χ4v) is 3.96. The quantitative estimate of drug-likeness (QED) is 0.319. The molecule has 0 aliphatic carbocycles. The van der Waals surface area contributed by atoms with E-state index in [1.54, 1.807) is 18.2 Å². The minimum Gasteiger partial charge on any atom is -0.472 e. The van der Waals surface area contributed by atoms with E-state index in [1.165, 1.54) is 6.07 Å². The first-order chi connectivity index (χ1) is 13.5. The van der Waals surface area contributed by atoms with Crippen molar-refractivity contribution >= 4 is 39.0 Å². The van der Waals surface area contributed by atoms with Gasteiger partial charge in [0.2, 0.25) is 0 Å². The maximum Gasteiger partial charge on any atom is 0.344 e. The second-order valence-corrected chi connectivity index (χ2v) is 7.28. The molecule has 140 valence electrons. The molecule has 0 atom stereocenters. The summed E-state index contributed by atoms with van der Waals surface area (Å²) >= 11 is 5.93. The van der Waals surface area contributed by atoms with Crippen molar-refractivity contribution in [3.05, 3.63) is 80.9 Å². The highest BCUT2D eigenvalue weighted by atomic mass is 35.5. The van der Waals surface area contributed by atoms with E-state index in [0.717, 1.165) is 33.3 Å². The smallest absolute Gasteiger partial charge is 0.344 e. The Balaban J connectivity index is 1.68. The molecule has 3 aromatic carbocycles. The van der Waals surface area contributed by atoms with Gasteiger partial charge in [-0.05, 0) is 42.6 Å². The molecule has 0 radical (unpaired) electrons. The number of anilines is 1. The number of nitrogens with zero attached hydrogens (tertiary/aromatic N) is 1. The summed E-state index contributed by atoms with van der Waals surface area (Å²) in [5.41, 5.74) is 2.73. The zero-order chi connectivity index (χ0) is 19.4. The Morgan fingerprint density at radius 3 is 2.64 bits per heavy atom. The minimum absolute atomic E-state index is 0.0748. The van der Waals surface area contributed by atoms with E-state index in [-0.39, 0.29) is 10.6 Å². The number of ether oxygens (including phenoxy) is 1. The van der Waals surface area contributed by atoms with Gasteiger partial charge in [-0.3, -0.25) is 0 Å². The maximum atomic E-state index is 13.5. The number of hydrogen-bond donors (Lipinski definition) is 0. The van der Waals surface area contributed by atoms with E-state index in [2.05, 4.69) is 0 Å². The standard InChI is InChI=1S/C22H15ClFNO3/c1-12-20-13(10-25(11-27-20)14-6-7-19(24)18(23)9-14)8-17-15-4-2-3-5-16(15)22(26)28-21(12)17/h2-9H,10-11H2,1H3. The van der Waals surface area contributed by atoms with E-state index in [1.807, 2.05) is 36.1 Å². The fourth-order valence-electron chi connectivity index (χ4n) is 3.79. The highest BCUT2D eigenvalue weighted by molar-refractivity contribution is 6.31. The van der Waals surface area contributed by atoms with Gasteiger partial charge in [-0.15, -0.1) is 0 Å². The molecule has 1 aliphatic rings. The van der Waals surface area contributed by atoms with Gasteiger partial charge in [0.25, 0.3) is 0 Å². The molecule has 28 heavy (non-hydrogen) atoms. The van der Waals surface area contributed by atoms with Crippen molar-refractivity contribution in [1.29, 1.82) is 0 Å². The summed E-state index contributed by atoms with van der Waals surface area (Å²) < 4.78 is 25.1. The van der Waals surface area contributed by atoms with Gasteiger partial charge in [-0.25, -0.2) is 9.18 Å². The van der Waals surface area contributed by atoms with Crippen molar-refractivity contribution in [1.82, 2.24) is 0 Å². The summed E-state index contributed by atoms with van der Waals surface area (Å²) in [5, 5.41) is 2.34.